The summed E-state index contributed by atoms with van der Waals surface area (Å²) in [6.07, 6.45) is 3.07. The number of carbonyl (C=O) groups excluding carboxylic acids is 8. The second kappa shape index (κ2) is 40.3. The zero-order valence-electron chi connectivity index (χ0n) is 65.2. The fourth-order valence-electron chi connectivity index (χ4n) is 13.3. The molecule has 3 aromatic heterocycles. The van der Waals surface area contributed by atoms with E-state index in [-0.39, 0.29) is 83.3 Å². The number of urea groups is 1. The number of nitrogens with one attached hydrogen (secondary N) is 5. The van der Waals surface area contributed by atoms with Crippen LogP contribution in [0.25, 0.3) is 43.2 Å². The average molecular weight is 1630 g/mol. The summed E-state index contributed by atoms with van der Waals surface area (Å²) in [7, 11) is 5.17. The van der Waals surface area contributed by atoms with E-state index in [0.29, 0.717) is 132 Å². The summed E-state index contributed by atoms with van der Waals surface area (Å²) < 4.78 is 45.4. The van der Waals surface area contributed by atoms with Gasteiger partial charge in [-0.25, -0.2) is 38.7 Å². The molecule has 0 aliphatic carbocycles. The van der Waals surface area contributed by atoms with Gasteiger partial charge in [-0.1, -0.05) is 80.0 Å². The second-order valence-corrected chi connectivity index (χ2v) is 30.0. The van der Waals surface area contributed by atoms with Gasteiger partial charge in [0.25, 0.3) is 11.8 Å². The van der Waals surface area contributed by atoms with Gasteiger partial charge < -0.3 is 75.6 Å². The number of likely N-dealkylation sites (N-methyl/N-ethyl adjacent to an activating group) is 1. The third-order valence-corrected chi connectivity index (χ3v) is 21.3. The molecule has 116 heavy (non-hydrogen) atoms. The molecule has 2 aliphatic rings. The number of hydrogen-bond acceptors (Lipinski definition) is 21. The number of quaternary nitrogens is 1. The normalized spacial score (nSPS) is 14.3. The minimum atomic E-state index is -1.51. The molecular formula is C82H93ClFN14O17S+. The van der Waals surface area contributed by atoms with Crippen molar-refractivity contribution in [1.29, 1.82) is 0 Å². The van der Waals surface area contributed by atoms with E-state index < -0.39 is 102 Å². The predicted octanol–water partition coefficient (Wildman–Crippen LogP) is 7.87. The lowest BCUT2D eigenvalue weighted by Crippen LogP contribution is -2.57. The van der Waals surface area contributed by atoms with E-state index in [1.165, 1.54) is 41.7 Å². The molecule has 5 aromatic carbocycles. The number of primary amides is 1. The lowest BCUT2D eigenvalue weighted by Gasteiger charge is -2.42. The van der Waals surface area contributed by atoms with Crippen LogP contribution >= 0.6 is 22.9 Å². The standard InChI is InChI=1S/C82H92ClFN14O17S/c1-48(2)73(94-66(100)29-38-112-39-35-97-67(101)26-27-68(97)102)77(105)93-60(15-12-30-87-82(85)110)76(104)92-56-23-20-53(54(41-56)44-95(5)69(103)43-61(80(106)107)90-50(4)99)45-98(6)36-32-96(33-37-98)34-40-113-64-25-24-58(49(3)72(64)83)70-71-78(88-47-89-79(71)116-74(70)51-18-21-55(84)22-19-51)115-65(81(108)109)42-52-13-8-10-16-62(52)114-46-57-28-31-86-75(91-57)59-14-9-11-17-63(59)111-7/h8-11,13-14,16-28,31,41,47-48,60-61,65,73H,12,15,29-30,32-40,42-46H2,1-7H3,(H8-,85,87,90,92,93,94,99,100,104,105,106,107,108,109,110)/p+1/t60-,61-,65+,73-/m0/s1. The Morgan fingerprint density at radius 1 is 0.776 bits per heavy atom. The van der Waals surface area contributed by atoms with E-state index in [1.807, 2.05) is 43.3 Å². The molecule has 34 heteroatoms. The quantitative estimate of drug-likeness (QED) is 0.0103. The number of para-hydroxylation sites is 2. The number of carbonyl (C=O) groups is 10. The number of carboxylic acids is 2. The highest BCUT2D eigenvalue weighted by Gasteiger charge is 2.35. The molecule has 0 saturated carbocycles. The molecule has 10 rings (SSSR count). The predicted molar refractivity (Wildman–Crippen MR) is 428 cm³/mol. The maximum atomic E-state index is 14.6. The molecule has 0 spiro atoms. The van der Waals surface area contributed by atoms with Gasteiger partial charge in [0, 0.05) is 99.6 Å². The summed E-state index contributed by atoms with van der Waals surface area (Å²) in [4.78, 5) is 152. The van der Waals surface area contributed by atoms with E-state index in [0.717, 1.165) is 29.5 Å². The number of rotatable bonds is 40. The van der Waals surface area contributed by atoms with Gasteiger partial charge in [0.15, 0.2) is 5.82 Å². The number of hydrogen-bond donors (Lipinski definition) is 8. The fourth-order valence-corrected chi connectivity index (χ4v) is 14.7. The smallest absolute Gasteiger partial charge is 0.345 e. The number of methoxy groups -OCH3 is 1. The summed E-state index contributed by atoms with van der Waals surface area (Å²) in [5.74, 6) is -5.80. The Labute approximate surface area is 677 Å². The minimum absolute atomic E-state index is 0.00695. The lowest BCUT2D eigenvalue weighted by atomic mass is 9.96. The van der Waals surface area contributed by atoms with Crippen LogP contribution in [0.15, 0.2) is 134 Å². The number of nitrogens with two attached hydrogens (primary N) is 1. The first kappa shape index (κ1) is 86.4. The van der Waals surface area contributed by atoms with Crippen LogP contribution in [0.5, 0.6) is 23.1 Å². The number of aliphatic carboxylic acids is 2. The largest absolute Gasteiger partial charge is 0.496 e. The molecular weight excluding hydrogens is 1540 g/mol. The summed E-state index contributed by atoms with van der Waals surface area (Å²) in [6, 6.07) is 26.3. The third-order valence-electron chi connectivity index (χ3n) is 19.7. The number of nitrogens with zero attached hydrogens (tertiary/aromatic N) is 8. The first-order valence-electron chi connectivity index (χ1n) is 37.5. The van der Waals surface area contributed by atoms with Gasteiger partial charge in [-0.3, -0.25) is 43.4 Å². The first-order chi connectivity index (χ1) is 55.5. The Balaban J connectivity index is 0.813. The average Bonchev–Trinajstić information content (AvgIpc) is 1.58. The van der Waals surface area contributed by atoms with Crippen molar-refractivity contribution >= 4 is 98.2 Å². The number of amides is 9. The number of carboxylic acid groups (broad SMARTS) is 2. The number of halogens is 2. The number of fused-ring (bicyclic) bond motifs is 1. The van der Waals surface area contributed by atoms with E-state index in [9.17, 15) is 62.5 Å². The molecule has 612 valence electrons. The van der Waals surface area contributed by atoms with E-state index in [1.54, 1.807) is 87.8 Å². The number of thiophene rings is 1. The number of aromatic nitrogens is 4. The van der Waals surface area contributed by atoms with Crippen molar-refractivity contribution in [1.82, 2.24) is 55.9 Å². The highest BCUT2D eigenvalue weighted by atomic mass is 35.5. The highest BCUT2D eigenvalue weighted by Crippen LogP contribution is 2.50. The molecule has 2 aliphatic heterocycles. The number of piperazine rings is 1. The molecule has 8 aromatic rings. The van der Waals surface area contributed by atoms with Gasteiger partial charge in [-0.05, 0) is 108 Å². The second-order valence-electron chi connectivity index (χ2n) is 28.6. The molecule has 5 heterocycles. The van der Waals surface area contributed by atoms with Gasteiger partial charge in [0.2, 0.25) is 41.5 Å². The SMILES string of the molecule is COc1ccccc1-c1nccc(COc2ccccc2C[C@@H](Oc2ncnc3sc(-c4ccc(F)cc4)c(-c4ccc(OCCN5CC[N+](C)(Cc6ccc(NC(=O)[C@H](CCCNC(N)=O)NC(=O)[C@@H](NC(=O)CCOCCN7C(=O)C=CC7=O)C(C)C)cc6CN(C)C(=O)C[C@H](NC(C)=O)C(=O)O)CC5)c(Cl)c4C)c23)C(=O)O)n1. The van der Waals surface area contributed by atoms with Crippen LogP contribution < -0.4 is 51.3 Å². The molecule has 1 saturated heterocycles. The molecule has 9 N–H and O–H groups in total. The van der Waals surface area contributed by atoms with Gasteiger partial charge in [-0.2, -0.15) is 0 Å². The zero-order chi connectivity index (χ0) is 83.3. The van der Waals surface area contributed by atoms with Crippen molar-refractivity contribution in [2.45, 2.75) is 104 Å². The van der Waals surface area contributed by atoms with Gasteiger partial charge in [0.05, 0.1) is 75.1 Å². The Hall–Kier alpha value is -12.0. The zero-order valence-corrected chi connectivity index (χ0v) is 66.7. The molecule has 4 atom stereocenters. The molecule has 31 nitrogen and oxygen atoms in total. The number of benzene rings is 5. The summed E-state index contributed by atoms with van der Waals surface area (Å²) in [6.45, 7) is 10.1. The molecule has 9 amide bonds. The maximum absolute atomic E-state index is 14.6. The number of ether oxygens (including phenoxy) is 5. The molecule has 0 unspecified atom stereocenters. The maximum Gasteiger partial charge on any atom is 0.345 e. The lowest BCUT2D eigenvalue weighted by molar-refractivity contribution is -0.926. The fraction of sp³-hybridized carbons (Fsp3) is 0.366. The van der Waals surface area contributed by atoms with Crippen LogP contribution in [0.4, 0.5) is 14.9 Å². The van der Waals surface area contributed by atoms with Crippen LogP contribution in [-0.2, 0) is 74.0 Å². The monoisotopic (exact) mass is 1630 g/mol. The van der Waals surface area contributed by atoms with Crippen LogP contribution in [0, 0.1) is 18.7 Å². The number of anilines is 1. The molecule has 0 bridgehead atoms. The van der Waals surface area contributed by atoms with E-state index >= 15 is 0 Å². The first-order valence-corrected chi connectivity index (χ1v) is 38.7. The Kier molecular flexibility index (Phi) is 30.0. The van der Waals surface area contributed by atoms with Crippen molar-refractivity contribution in [2.75, 3.05) is 92.2 Å². The Morgan fingerprint density at radius 3 is 2.20 bits per heavy atom. The van der Waals surface area contributed by atoms with Gasteiger partial charge >= 0.3 is 18.0 Å². The van der Waals surface area contributed by atoms with Crippen molar-refractivity contribution in [3.05, 3.63) is 173 Å². The van der Waals surface area contributed by atoms with Crippen LogP contribution in [0.1, 0.15) is 74.4 Å². The number of imide groups is 1. The molecule has 0 radical (unpaired) electrons. The van der Waals surface area contributed by atoms with Crippen molar-refractivity contribution in [2.24, 2.45) is 11.7 Å². The van der Waals surface area contributed by atoms with Crippen LogP contribution in [-0.4, -0.2) is 220 Å². The van der Waals surface area contributed by atoms with Crippen molar-refractivity contribution < 1.29 is 90.7 Å². The minimum Gasteiger partial charge on any atom is -0.496 e. The van der Waals surface area contributed by atoms with Gasteiger partial charge in [0.1, 0.15) is 72.1 Å². The van der Waals surface area contributed by atoms with Crippen molar-refractivity contribution in [3.8, 4) is 56.1 Å². The summed E-state index contributed by atoms with van der Waals surface area (Å²) in [5.41, 5.74) is 11.2. The van der Waals surface area contributed by atoms with Crippen LogP contribution in [0.2, 0.25) is 5.02 Å². The van der Waals surface area contributed by atoms with E-state index in [2.05, 4.69) is 53.5 Å². The van der Waals surface area contributed by atoms with Gasteiger partial charge in [-0.15, -0.1) is 11.3 Å². The summed E-state index contributed by atoms with van der Waals surface area (Å²) in [5, 5.41) is 34.6. The topological polar surface area (TPSA) is 405 Å². The Morgan fingerprint density at radius 2 is 1.50 bits per heavy atom. The third kappa shape index (κ3) is 23.1. The summed E-state index contributed by atoms with van der Waals surface area (Å²) >= 11 is 8.59. The van der Waals surface area contributed by atoms with Crippen LogP contribution in [0.3, 0.4) is 0 Å². The van der Waals surface area contributed by atoms with E-state index in [4.69, 9.17) is 46.0 Å². The molecule has 1 fully saturated rings. The van der Waals surface area contributed by atoms with Crippen molar-refractivity contribution in [3.63, 3.8) is 0 Å². The Bertz CT molecular complexity index is 4950. The highest BCUT2D eigenvalue weighted by molar-refractivity contribution is 7.22.